The van der Waals surface area contributed by atoms with Crippen molar-refractivity contribution in [2.45, 2.75) is 25.7 Å². The van der Waals surface area contributed by atoms with Crippen molar-refractivity contribution in [2.24, 2.45) is 5.84 Å². The third-order valence-electron chi connectivity index (χ3n) is 3.24. The predicted molar refractivity (Wildman–Crippen MR) is 78.8 cm³/mol. The molecule has 7 heteroatoms. The Morgan fingerprint density at radius 1 is 1.35 bits per heavy atom. The van der Waals surface area contributed by atoms with Crippen molar-refractivity contribution in [3.8, 4) is 0 Å². The zero-order valence-corrected chi connectivity index (χ0v) is 11.7. The molecule has 104 valence electrons. The van der Waals surface area contributed by atoms with E-state index in [9.17, 15) is 4.79 Å². The van der Waals surface area contributed by atoms with Crippen molar-refractivity contribution in [2.75, 3.05) is 10.7 Å². The van der Waals surface area contributed by atoms with Crippen molar-refractivity contribution in [1.29, 1.82) is 0 Å². The smallest absolute Gasteiger partial charge is 0.257 e. The van der Waals surface area contributed by atoms with Crippen molar-refractivity contribution in [3.05, 3.63) is 34.5 Å². The Hall–Kier alpha value is -1.99. The molecule has 1 aliphatic rings. The standard InChI is InChI=1S/C13H15N5OS/c14-18-11-7-8(5-6-15-11)12(19)17-13-16-9-3-1-2-4-10(9)20-13/h5-7H,1-4,14H2,(H,15,18)(H,16,17,19). The number of hydrogen-bond acceptors (Lipinski definition) is 6. The van der Waals surface area contributed by atoms with Gasteiger partial charge in [0.1, 0.15) is 5.82 Å². The molecular weight excluding hydrogens is 274 g/mol. The third-order valence-corrected chi connectivity index (χ3v) is 4.31. The van der Waals surface area contributed by atoms with E-state index in [1.807, 2.05) is 0 Å². The maximum Gasteiger partial charge on any atom is 0.257 e. The molecule has 2 aromatic heterocycles. The van der Waals surface area contributed by atoms with Gasteiger partial charge in [-0.3, -0.25) is 10.1 Å². The number of hydrazine groups is 1. The van der Waals surface area contributed by atoms with Crippen LogP contribution in [0.3, 0.4) is 0 Å². The molecule has 0 aliphatic heterocycles. The quantitative estimate of drug-likeness (QED) is 0.593. The highest BCUT2D eigenvalue weighted by atomic mass is 32.1. The third kappa shape index (κ3) is 2.63. The summed E-state index contributed by atoms with van der Waals surface area (Å²) in [7, 11) is 0. The minimum Gasteiger partial charge on any atom is -0.308 e. The van der Waals surface area contributed by atoms with E-state index in [2.05, 4.69) is 20.7 Å². The highest BCUT2D eigenvalue weighted by Crippen LogP contribution is 2.29. The Balaban J connectivity index is 1.76. The van der Waals surface area contributed by atoms with E-state index < -0.39 is 0 Å². The van der Waals surface area contributed by atoms with Gasteiger partial charge in [0.15, 0.2) is 5.13 Å². The van der Waals surface area contributed by atoms with Crippen molar-refractivity contribution in [3.63, 3.8) is 0 Å². The molecule has 0 fully saturated rings. The fourth-order valence-electron chi connectivity index (χ4n) is 2.23. The summed E-state index contributed by atoms with van der Waals surface area (Å²) >= 11 is 1.57. The largest absolute Gasteiger partial charge is 0.308 e. The van der Waals surface area contributed by atoms with E-state index in [0.29, 0.717) is 16.5 Å². The van der Waals surface area contributed by atoms with Gasteiger partial charge in [-0.2, -0.15) is 0 Å². The summed E-state index contributed by atoms with van der Waals surface area (Å²) in [6.07, 6.45) is 6.01. The number of thiazole rings is 1. The minimum absolute atomic E-state index is 0.199. The average Bonchev–Trinajstić information content (AvgIpc) is 2.89. The second-order valence-corrected chi connectivity index (χ2v) is 5.71. The molecule has 2 aromatic rings. The van der Waals surface area contributed by atoms with Crippen LogP contribution in [0.25, 0.3) is 0 Å². The fraction of sp³-hybridized carbons (Fsp3) is 0.308. The lowest BCUT2D eigenvalue weighted by Crippen LogP contribution is -2.14. The summed E-state index contributed by atoms with van der Waals surface area (Å²) < 4.78 is 0. The summed E-state index contributed by atoms with van der Waals surface area (Å²) in [5, 5.41) is 3.51. The molecular formula is C13H15N5OS. The summed E-state index contributed by atoms with van der Waals surface area (Å²) in [6, 6.07) is 3.24. The number of fused-ring (bicyclic) bond motifs is 1. The second kappa shape index (κ2) is 5.56. The number of aromatic nitrogens is 2. The number of rotatable bonds is 3. The van der Waals surface area contributed by atoms with Gasteiger partial charge in [-0.05, 0) is 37.8 Å². The van der Waals surface area contributed by atoms with Crippen molar-refractivity contribution in [1.82, 2.24) is 9.97 Å². The molecule has 0 saturated carbocycles. The first-order valence-corrected chi connectivity index (χ1v) is 7.30. The first-order chi connectivity index (χ1) is 9.76. The van der Waals surface area contributed by atoms with Gasteiger partial charge in [0.05, 0.1) is 5.69 Å². The Bertz CT molecular complexity index is 616. The molecule has 6 nitrogen and oxygen atoms in total. The number of amides is 1. The van der Waals surface area contributed by atoms with Crippen molar-refractivity contribution >= 4 is 28.2 Å². The van der Waals surface area contributed by atoms with E-state index in [0.717, 1.165) is 18.5 Å². The maximum atomic E-state index is 12.2. The van der Waals surface area contributed by atoms with Crippen LogP contribution in [-0.2, 0) is 12.8 Å². The number of hydrogen-bond donors (Lipinski definition) is 3. The Kier molecular flexibility index (Phi) is 3.62. The van der Waals surface area contributed by atoms with E-state index in [1.54, 1.807) is 23.5 Å². The molecule has 0 bridgehead atoms. The lowest BCUT2D eigenvalue weighted by molar-refractivity contribution is 0.102. The molecule has 1 aliphatic carbocycles. The Labute approximate surface area is 120 Å². The molecule has 20 heavy (non-hydrogen) atoms. The Morgan fingerprint density at radius 3 is 3.00 bits per heavy atom. The fourth-order valence-corrected chi connectivity index (χ4v) is 3.27. The number of carbonyl (C=O) groups excluding carboxylic acids is 1. The van der Waals surface area contributed by atoms with Crippen LogP contribution < -0.4 is 16.6 Å². The van der Waals surface area contributed by atoms with Gasteiger partial charge >= 0.3 is 0 Å². The molecule has 0 saturated heterocycles. The zero-order chi connectivity index (χ0) is 13.9. The molecule has 0 unspecified atom stereocenters. The van der Waals surface area contributed by atoms with Gasteiger partial charge in [0.2, 0.25) is 0 Å². The molecule has 0 spiro atoms. The monoisotopic (exact) mass is 289 g/mol. The molecule has 1 amide bonds. The van der Waals surface area contributed by atoms with Crippen LogP contribution in [0.5, 0.6) is 0 Å². The summed E-state index contributed by atoms with van der Waals surface area (Å²) in [4.78, 5) is 21.9. The number of nitrogens with zero attached hydrogens (tertiary/aromatic N) is 2. The van der Waals surface area contributed by atoms with Gasteiger partial charge in [0, 0.05) is 16.6 Å². The molecule has 2 heterocycles. The molecule has 0 radical (unpaired) electrons. The van der Waals surface area contributed by atoms with Crippen molar-refractivity contribution < 1.29 is 4.79 Å². The summed E-state index contributed by atoms with van der Waals surface area (Å²) in [5.74, 6) is 5.54. The number of anilines is 2. The topological polar surface area (TPSA) is 92.9 Å². The Morgan fingerprint density at radius 2 is 2.20 bits per heavy atom. The van der Waals surface area contributed by atoms with E-state index in [-0.39, 0.29) is 5.91 Å². The highest BCUT2D eigenvalue weighted by Gasteiger charge is 2.17. The second-order valence-electron chi connectivity index (χ2n) is 4.62. The SMILES string of the molecule is NNc1cc(C(=O)Nc2nc3c(s2)CCCC3)ccn1. The number of carbonyl (C=O) groups is 1. The van der Waals surface area contributed by atoms with Crippen LogP contribution in [0, 0.1) is 0 Å². The number of nitrogens with one attached hydrogen (secondary N) is 2. The zero-order valence-electron chi connectivity index (χ0n) is 10.8. The molecule has 3 rings (SSSR count). The van der Waals surface area contributed by atoms with Crippen LogP contribution in [0.4, 0.5) is 10.9 Å². The molecule has 0 aromatic carbocycles. The molecule has 4 N–H and O–H groups in total. The van der Waals surface area contributed by atoms with Crippen LogP contribution in [0.1, 0.15) is 33.8 Å². The lowest BCUT2D eigenvalue weighted by Gasteiger charge is -2.06. The van der Waals surface area contributed by atoms with Crippen LogP contribution >= 0.6 is 11.3 Å². The van der Waals surface area contributed by atoms with E-state index in [1.165, 1.54) is 23.9 Å². The lowest BCUT2D eigenvalue weighted by atomic mass is 10.0. The number of pyridine rings is 1. The maximum absolute atomic E-state index is 12.2. The summed E-state index contributed by atoms with van der Waals surface area (Å²) in [6.45, 7) is 0. The minimum atomic E-state index is -0.199. The van der Waals surface area contributed by atoms with Crippen LogP contribution in [0.15, 0.2) is 18.3 Å². The highest BCUT2D eigenvalue weighted by molar-refractivity contribution is 7.15. The first-order valence-electron chi connectivity index (χ1n) is 6.49. The van der Waals surface area contributed by atoms with Crippen LogP contribution in [-0.4, -0.2) is 15.9 Å². The first kappa shape index (κ1) is 13.0. The predicted octanol–water partition coefficient (Wildman–Crippen LogP) is 1.95. The summed E-state index contributed by atoms with van der Waals surface area (Å²) in [5.41, 5.74) is 4.06. The van der Waals surface area contributed by atoms with Crippen LogP contribution in [0.2, 0.25) is 0 Å². The van der Waals surface area contributed by atoms with Gasteiger partial charge in [-0.1, -0.05) is 0 Å². The van der Waals surface area contributed by atoms with Gasteiger partial charge in [0.25, 0.3) is 5.91 Å². The van der Waals surface area contributed by atoms with Gasteiger partial charge < -0.3 is 5.43 Å². The number of aryl methyl sites for hydroxylation is 2. The molecule has 0 atom stereocenters. The van der Waals surface area contributed by atoms with Gasteiger partial charge in [-0.15, -0.1) is 11.3 Å². The average molecular weight is 289 g/mol. The van der Waals surface area contributed by atoms with Gasteiger partial charge in [-0.25, -0.2) is 15.8 Å². The number of nitrogen functional groups attached to an aromatic ring is 1. The number of nitrogens with two attached hydrogens (primary N) is 1. The van der Waals surface area contributed by atoms with E-state index >= 15 is 0 Å². The normalized spacial score (nSPS) is 13.7. The van der Waals surface area contributed by atoms with E-state index in [4.69, 9.17) is 5.84 Å².